The van der Waals surface area contributed by atoms with Crippen molar-refractivity contribution in [2.45, 2.75) is 34.1 Å². The molecule has 74 valence electrons. The minimum Gasteiger partial charge on any atom is -0.106 e. The topological polar surface area (TPSA) is 0 Å². The fourth-order valence-electron chi connectivity index (χ4n) is 1.84. The van der Waals surface area contributed by atoms with Crippen molar-refractivity contribution in [1.82, 2.24) is 0 Å². The maximum absolute atomic E-state index is 3.18. The zero-order chi connectivity index (χ0) is 10.6. The van der Waals surface area contributed by atoms with Crippen LogP contribution in [0.25, 0.3) is 0 Å². The highest BCUT2D eigenvalue weighted by Crippen LogP contribution is 2.12. The van der Waals surface area contributed by atoms with E-state index in [1.54, 1.807) is 0 Å². The van der Waals surface area contributed by atoms with Crippen molar-refractivity contribution in [3.63, 3.8) is 0 Å². The number of aryl methyl sites for hydroxylation is 2. The van der Waals surface area contributed by atoms with E-state index in [-0.39, 0.29) is 0 Å². The van der Waals surface area contributed by atoms with Gasteiger partial charge in [-0.1, -0.05) is 36.2 Å². The summed E-state index contributed by atoms with van der Waals surface area (Å²) in [6, 6.07) is 6.71. The summed E-state index contributed by atoms with van der Waals surface area (Å²) in [5, 5.41) is 0. The third-order valence-corrected chi connectivity index (χ3v) is 2.21. The van der Waals surface area contributed by atoms with Gasteiger partial charge in [0.2, 0.25) is 0 Å². The van der Waals surface area contributed by atoms with E-state index in [0.29, 0.717) is 5.92 Å². The van der Waals surface area contributed by atoms with Crippen molar-refractivity contribution < 1.29 is 0 Å². The number of hydrogen-bond donors (Lipinski definition) is 0. The monoisotopic (exact) mass is 186 g/mol. The van der Waals surface area contributed by atoms with Crippen LogP contribution < -0.4 is 0 Å². The van der Waals surface area contributed by atoms with Crippen LogP contribution in [-0.4, -0.2) is 0 Å². The van der Waals surface area contributed by atoms with Crippen molar-refractivity contribution in [1.29, 1.82) is 0 Å². The Kier molecular flexibility index (Phi) is 3.77. The summed E-state index contributed by atoms with van der Waals surface area (Å²) < 4.78 is 0. The molecule has 0 saturated carbocycles. The first-order valence-corrected chi connectivity index (χ1v) is 5.11. The third-order valence-electron chi connectivity index (χ3n) is 2.21. The van der Waals surface area contributed by atoms with E-state index in [0.717, 1.165) is 6.42 Å². The van der Waals surface area contributed by atoms with Crippen LogP contribution in [0, 0.1) is 31.6 Å². The first kappa shape index (κ1) is 10.9. The molecule has 0 aliphatic heterocycles. The number of rotatable bonds is 2. The lowest BCUT2D eigenvalue weighted by Crippen LogP contribution is -1.97. The minimum absolute atomic E-state index is 0.459. The van der Waals surface area contributed by atoms with Gasteiger partial charge in [-0.25, -0.2) is 0 Å². The standard InChI is InChI=1S/C14H18/c1-5-6-11(2)8-14-9-12(3)7-13(4)10-14/h7,9-11H,8H2,1-4H3. The third kappa shape index (κ3) is 3.26. The Morgan fingerprint density at radius 3 is 2.21 bits per heavy atom. The van der Waals surface area contributed by atoms with Gasteiger partial charge in [0.05, 0.1) is 0 Å². The van der Waals surface area contributed by atoms with Gasteiger partial charge in [0.15, 0.2) is 0 Å². The van der Waals surface area contributed by atoms with E-state index in [1.807, 2.05) is 6.92 Å². The fourth-order valence-corrected chi connectivity index (χ4v) is 1.84. The molecule has 0 heterocycles. The smallest absolute Gasteiger partial charge is 0.0214 e. The Labute approximate surface area is 87.4 Å². The summed E-state index contributed by atoms with van der Waals surface area (Å²) in [7, 11) is 0. The SMILES string of the molecule is CC#CC(C)Cc1cc(C)cc(C)c1. The van der Waals surface area contributed by atoms with Crippen molar-refractivity contribution in [3.05, 3.63) is 34.9 Å². The Hall–Kier alpha value is -1.22. The zero-order valence-corrected chi connectivity index (χ0v) is 9.52. The largest absolute Gasteiger partial charge is 0.106 e. The average molecular weight is 186 g/mol. The van der Waals surface area contributed by atoms with Crippen LogP contribution in [0.4, 0.5) is 0 Å². The van der Waals surface area contributed by atoms with Crippen molar-refractivity contribution in [2.75, 3.05) is 0 Å². The van der Waals surface area contributed by atoms with E-state index in [2.05, 4.69) is 50.8 Å². The molecule has 1 aromatic rings. The molecule has 14 heavy (non-hydrogen) atoms. The van der Waals surface area contributed by atoms with Gasteiger partial charge >= 0.3 is 0 Å². The molecule has 0 radical (unpaired) electrons. The second-order valence-electron chi connectivity index (χ2n) is 4.00. The fraction of sp³-hybridized carbons (Fsp3) is 0.429. The Morgan fingerprint density at radius 2 is 1.71 bits per heavy atom. The van der Waals surface area contributed by atoms with E-state index in [9.17, 15) is 0 Å². The van der Waals surface area contributed by atoms with Gasteiger partial charge in [-0.05, 0) is 32.8 Å². The molecule has 1 atom stereocenters. The molecule has 0 bridgehead atoms. The molecule has 0 aromatic heterocycles. The molecular weight excluding hydrogens is 168 g/mol. The maximum atomic E-state index is 3.18. The van der Waals surface area contributed by atoms with E-state index >= 15 is 0 Å². The first-order valence-electron chi connectivity index (χ1n) is 5.11. The molecular formula is C14H18. The molecule has 0 N–H and O–H groups in total. The minimum atomic E-state index is 0.459. The van der Waals surface area contributed by atoms with E-state index in [4.69, 9.17) is 0 Å². The molecule has 0 amide bonds. The molecule has 0 spiro atoms. The van der Waals surface area contributed by atoms with Gasteiger partial charge in [0.1, 0.15) is 0 Å². The molecule has 1 unspecified atom stereocenters. The highest BCUT2D eigenvalue weighted by atomic mass is 14.0. The average Bonchev–Trinajstić information content (AvgIpc) is 2.01. The van der Waals surface area contributed by atoms with Gasteiger partial charge < -0.3 is 0 Å². The highest BCUT2D eigenvalue weighted by molar-refractivity contribution is 5.29. The summed E-state index contributed by atoms with van der Waals surface area (Å²) in [6.45, 7) is 8.37. The first-order chi connectivity index (χ1) is 6.61. The Morgan fingerprint density at radius 1 is 1.14 bits per heavy atom. The summed E-state index contributed by atoms with van der Waals surface area (Å²) in [4.78, 5) is 0. The lowest BCUT2D eigenvalue weighted by atomic mass is 9.98. The molecule has 0 saturated heterocycles. The molecule has 1 rings (SSSR count). The normalized spacial score (nSPS) is 11.7. The number of hydrogen-bond acceptors (Lipinski definition) is 0. The van der Waals surface area contributed by atoms with Crippen LogP contribution in [0.5, 0.6) is 0 Å². The molecule has 0 nitrogen and oxygen atoms in total. The van der Waals surface area contributed by atoms with Crippen LogP contribution in [0.3, 0.4) is 0 Å². The van der Waals surface area contributed by atoms with Crippen LogP contribution in [0.1, 0.15) is 30.5 Å². The van der Waals surface area contributed by atoms with Crippen LogP contribution >= 0.6 is 0 Å². The number of benzene rings is 1. The summed E-state index contributed by atoms with van der Waals surface area (Å²) >= 11 is 0. The van der Waals surface area contributed by atoms with E-state index in [1.165, 1.54) is 16.7 Å². The zero-order valence-electron chi connectivity index (χ0n) is 9.52. The molecule has 1 aromatic carbocycles. The molecule has 0 fully saturated rings. The Bertz CT molecular complexity index is 343. The van der Waals surface area contributed by atoms with Gasteiger partial charge in [-0.15, -0.1) is 11.8 Å². The highest BCUT2D eigenvalue weighted by Gasteiger charge is 2.01. The van der Waals surface area contributed by atoms with Gasteiger partial charge in [-0.2, -0.15) is 0 Å². The van der Waals surface area contributed by atoms with Crippen molar-refractivity contribution in [2.24, 2.45) is 5.92 Å². The van der Waals surface area contributed by atoms with Crippen LogP contribution in [-0.2, 0) is 6.42 Å². The predicted molar refractivity (Wildman–Crippen MR) is 62.2 cm³/mol. The Balaban J connectivity index is 2.79. The van der Waals surface area contributed by atoms with E-state index < -0.39 is 0 Å². The van der Waals surface area contributed by atoms with Crippen molar-refractivity contribution >= 4 is 0 Å². The van der Waals surface area contributed by atoms with Crippen LogP contribution in [0.2, 0.25) is 0 Å². The maximum Gasteiger partial charge on any atom is 0.0214 e. The summed E-state index contributed by atoms with van der Waals surface area (Å²) in [5.74, 6) is 6.61. The molecule has 0 aliphatic carbocycles. The second kappa shape index (κ2) is 4.86. The van der Waals surface area contributed by atoms with Gasteiger partial charge in [0, 0.05) is 5.92 Å². The van der Waals surface area contributed by atoms with Gasteiger partial charge in [0.25, 0.3) is 0 Å². The van der Waals surface area contributed by atoms with Crippen LogP contribution in [0.15, 0.2) is 18.2 Å². The molecule has 0 heteroatoms. The predicted octanol–water partition coefficient (Wildman–Crippen LogP) is 3.51. The lowest BCUT2D eigenvalue weighted by Gasteiger charge is -2.06. The summed E-state index contributed by atoms with van der Waals surface area (Å²) in [6.07, 6.45) is 1.06. The molecule has 0 aliphatic rings. The van der Waals surface area contributed by atoms with Crippen molar-refractivity contribution in [3.8, 4) is 11.8 Å². The lowest BCUT2D eigenvalue weighted by molar-refractivity contribution is 0.749. The van der Waals surface area contributed by atoms with Gasteiger partial charge in [-0.3, -0.25) is 0 Å². The summed E-state index contributed by atoms with van der Waals surface area (Å²) in [5.41, 5.74) is 4.09. The quantitative estimate of drug-likeness (QED) is 0.620. The second-order valence-corrected chi connectivity index (χ2v) is 4.00.